The fourth-order valence-corrected chi connectivity index (χ4v) is 3.45. The lowest BCUT2D eigenvalue weighted by atomic mass is 10.1. The van der Waals surface area contributed by atoms with Gasteiger partial charge < -0.3 is 4.90 Å². The van der Waals surface area contributed by atoms with Crippen LogP contribution in [0.4, 0.5) is 0 Å². The first-order chi connectivity index (χ1) is 12.8. The number of benzene rings is 2. The van der Waals surface area contributed by atoms with Crippen molar-refractivity contribution >= 4 is 5.91 Å². The van der Waals surface area contributed by atoms with E-state index in [0.29, 0.717) is 5.69 Å². The largest absolute Gasteiger partial charge is 0.337 e. The molecule has 3 aromatic rings. The van der Waals surface area contributed by atoms with Gasteiger partial charge in [0.1, 0.15) is 5.69 Å². The number of carbonyl (C=O) groups excluding carboxylic acids is 1. The number of aromatic nitrogens is 3. The fraction of sp³-hybridized carbons (Fsp3) is 0.286. The van der Waals surface area contributed by atoms with Crippen molar-refractivity contribution in [3.05, 3.63) is 66.4 Å². The van der Waals surface area contributed by atoms with Crippen LogP contribution in [0.5, 0.6) is 0 Å². The summed E-state index contributed by atoms with van der Waals surface area (Å²) >= 11 is 0. The molecule has 0 unspecified atom stereocenters. The van der Waals surface area contributed by atoms with Crippen LogP contribution in [0, 0.1) is 0 Å². The summed E-state index contributed by atoms with van der Waals surface area (Å²) < 4.78 is 1.76. The van der Waals surface area contributed by atoms with E-state index in [4.69, 9.17) is 0 Å². The molecule has 0 atom stereocenters. The Morgan fingerprint density at radius 1 is 0.808 bits per heavy atom. The molecule has 0 bridgehead atoms. The second kappa shape index (κ2) is 7.52. The van der Waals surface area contributed by atoms with Crippen molar-refractivity contribution in [2.24, 2.45) is 0 Å². The van der Waals surface area contributed by atoms with Gasteiger partial charge in [0.15, 0.2) is 5.69 Å². The zero-order valence-electron chi connectivity index (χ0n) is 14.7. The minimum Gasteiger partial charge on any atom is -0.337 e. The smallest absolute Gasteiger partial charge is 0.276 e. The molecule has 1 amide bonds. The van der Waals surface area contributed by atoms with Crippen molar-refractivity contribution in [2.75, 3.05) is 13.1 Å². The molecule has 1 fully saturated rings. The summed E-state index contributed by atoms with van der Waals surface area (Å²) in [6, 6.07) is 19.7. The van der Waals surface area contributed by atoms with Crippen LogP contribution in [0.3, 0.4) is 0 Å². The average molecular weight is 346 g/mol. The first kappa shape index (κ1) is 16.5. The van der Waals surface area contributed by atoms with Crippen LogP contribution in [0.25, 0.3) is 16.9 Å². The number of nitrogens with zero attached hydrogens (tertiary/aromatic N) is 4. The molecule has 4 rings (SSSR count). The van der Waals surface area contributed by atoms with E-state index in [-0.39, 0.29) is 5.91 Å². The highest BCUT2D eigenvalue weighted by Crippen LogP contribution is 2.26. The van der Waals surface area contributed by atoms with Crippen LogP contribution in [-0.2, 0) is 0 Å². The molecule has 1 saturated heterocycles. The molecule has 5 nitrogen and oxygen atoms in total. The summed E-state index contributed by atoms with van der Waals surface area (Å²) in [5, 5.41) is 8.62. The lowest BCUT2D eigenvalue weighted by Gasteiger charge is -2.19. The molecule has 2 heterocycles. The highest BCUT2D eigenvalue weighted by molar-refractivity contribution is 5.98. The Balaban J connectivity index is 1.80. The zero-order valence-corrected chi connectivity index (χ0v) is 14.7. The Morgan fingerprint density at radius 2 is 1.42 bits per heavy atom. The Labute approximate surface area is 153 Å². The molecule has 2 aromatic carbocycles. The van der Waals surface area contributed by atoms with E-state index in [1.165, 1.54) is 12.8 Å². The van der Waals surface area contributed by atoms with Crippen molar-refractivity contribution in [2.45, 2.75) is 25.7 Å². The third-order valence-electron chi connectivity index (χ3n) is 4.81. The molecular weight excluding hydrogens is 324 g/mol. The van der Waals surface area contributed by atoms with E-state index in [2.05, 4.69) is 10.3 Å². The van der Waals surface area contributed by atoms with E-state index >= 15 is 0 Å². The molecule has 1 aliphatic rings. The summed E-state index contributed by atoms with van der Waals surface area (Å²) in [6.45, 7) is 1.59. The van der Waals surface area contributed by atoms with Crippen LogP contribution < -0.4 is 0 Å². The standard InChI is InChI=1S/C21H22N4O/c26-21(24-15-9-1-2-10-16-24)19-20(17-11-5-3-6-12-17)25(23-22-19)18-13-7-4-8-14-18/h3-8,11-14H,1-2,9-10,15-16H2. The number of carbonyl (C=O) groups is 1. The van der Waals surface area contributed by atoms with Crippen LogP contribution in [0.1, 0.15) is 36.2 Å². The van der Waals surface area contributed by atoms with Gasteiger partial charge in [-0.05, 0) is 25.0 Å². The van der Waals surface area contributed by atoms with Crippen LogP contribution in [-0.4, -0.2) is 38.9 Å². The summed E-state index contributed by atoms with van der Waals surface area (Å²) in [6.07, 6.45) is 4.48. The van der Waals surface area contributed by atoms with Crippen molar-refractivity contribution in [3.63, 3.8) is 0 Å². The molecule has 0 N–H and O–H groups in total. The molecule has 1 aliphatic heterocycles. The number of para-hydroxylation sites is 1. The van der Waals surface area contributed by atoms with Gasteiger partial charge in [-0.1, -0.05) is 66.6 Å². The van der Waals surface area contributed by atoms with Crippen molar-refractivity contribution in [1.29, 1.82) is 0 Å². The third kappa shape index (κ3) is 3.25. The van der Waals surface area contributed by atoms with E-state index < -0.39 is 0 Å². The Morgan fingerprint density at radius 3 is 2.08 bits per heavy atom. The molecule has 1 aromatic heterocycles. The van der Waals surface area contributed by atoms with Gasteiger partial charge in [-0.15, -0.1) is 5.10 Å². The maximum atomic E-state index is 13.2. The van der Waals surface area contributed by atoms with E-state index in [9.17, 15) is 4.79 Å². The molecular formula is C21H22N4O. The maximum absolute atomic E-state index is 13.2. The SMILES string of the molecule is O=C(c1nnn(-c2ccccc2)c1-c1ccccc1)N1CCCCCC1. The highest BCUT2D eigenvalue weighted by Gasteiger charge is 2.26. The molecule has 0 aliphatic carbocycles. The molecule has 26 heavy (non-hydrogen) atoms. The zero-order chi connectivity index (χ0) is 17.8. The van der Waals surface area contributed by atoms with Gasteiger partial charge in [-0.3, -0.25) is 4.79 Å². The van der Waals surface area contributed by atoms with Crippen molar-refractivity contribution in [3.8, 4) is 16.9 Å². The maximum Gasteiger partial charge on any atom is 0.276 e. The van der Waals surface area contributed by atoms with Crippen molar-refractivity contribution in [1.82, 2.24) is 19.9 Å². The lowest BCUT2D eigenvalue weighted by Crippen LogP contribution is -2.32. The Bertz CT molecular complexity index is 866. The summed E-state index contributed by atoms with van der Waals surface area (Å²) in [5.41, 5.74) is 3.03. The summed E-state index contributed by atoms with van der Waals surface area (Å²) in [7, 11) is 0. The first-order valence-corrected chi connectivity index (χ1v) is 9.20. The predicted molar refractivity (Wildman–Crippen MR) is 101 cm³/mol. The Hall–Kier alpha value is -2.95. The quantitative estimate of drug-likeness (QED) is 0.721. The van der Waals surface area contributed by atoms with Gasteiger partial charge >= 0.3 is 0 Å². The second-order valence-corrected chi connectivity index (χ2v) is 6.61. The van der Waals surface area contributed by atoms with Crippen molar-refractivity contribution < 1.29 is 4.79 Å². The molecule has 5 heteroatoms. The van der Waals surface area contributed by atoms with Gasteiger partial charge in [0.2, 0.25) is 0 Å². The van der Waals surface area contributed by atoms with Crippen LogP contribution in [0.2, 0.25) is 0 Å². The van der Waals surface area contributed by atoms with Gasteiger partial charge in [0, 0.05) is 18.7 Å². The Kier molecular flexibility index (Phi) is 4.78. The lowest BCUT2D eigenvalue weighted by molar-refractivity contribution is 0.0756. The van der Waals surface area contributed by atoms with Gasteiger partial charge in [-0.25, -0.2) is 4.68 Å². The summed E-state index contributed by atoms with van der Waals surface area (Å²) in [4.78, 5) is 15.1. The number of hydrogen-bond acceptors (Lipinski definition) is 3. The van der Waals surface area contributed by atoms with Gasteiger partial charge in [-0.2, -0.15) is 0 Å². The molecule has 0 radical (unpaired) electrons. The van der Waals surface area contributed by atoms with Crippen LogP contribution >= 0.6 is 0 Å². The summed E-state index contributed by atoms with van der Waals surface area (Å²) in [5.74, 6) is -0.0204. The number of amides is 1. The topological polar surface area (TPSA) is 51.0 Å². The highest BCUT2D eigenvalue weighted by atomic mass is 16.2. The van der Waals surface area contributed by atoms with Gasteiger partial charge in [0.25, 0.3) is 5.91 Å². The molecule has 132 valence electrons. The minimum absolute atomic E-state index is 0.0204. The van der Waals surface area contributed by atoms with E-state index in [1.54, 1.807) is 4.68 Å². The normalized spacial score (nSPS) is 14.8. The number of rotatable bonds is 3. The van der Waals surface area contributed by atoms with E-state index in [0.717, 1.165) is 42.9 Å². The monoisotopic (exact) mass is 346 g/mol. The average Bonchev–Trinajstić information content (AvgIpc) is 2.96. The van der Waals surface area contributed by atoms with E-state index in [1.807, 2.05) is 65.6 Å². The molecule has 0 spiro atoms. The van der Waals surface area contributed by atoms with Gasteiger partial charge in [0.05, 0.1) is 5.69 Å². The molecule has 0 saturated carbocycles. The predicted octanol–water partition coefficient (Wildman–Crippen LogP) is 3.95. The number of likely N-dealkylation sites (tertiary alicyclic amines) is 1. The fourth-order valence-electron chi connectivity index (χ4n) is 3.45. The second-order valence-electron chi connectivity index (χ2n) is 6.61. The minimum atomic E-state index is -0.0204. The van der Waals surface area contributed by atoms with Crippen LogP contribution in [0.15, 0.2) is 60.7 Å². The first-order valence-electron chi connectivity index (χ1n) is 9.20. The third-order valence-corrected chi connectivity index (χ3v) is 4.81. The number of hydrogen-bond donors (Lipinski definition) is 0.